The van der Waals surface area contributed by atoms with Crippen LogP contribution in [0, 0.1) is 6.92 Å². The van der Waals surface area contributed by atoms with E-state index >= 15 is 0 Å². The zero-order valence-corrected chi connectivity index (χ0v) is 21.5. The van der Waals surface area contributed by atoms with Crippen molar-refractivity contribution < 1.29 is 9.53 Å². The minimum Gasteiger partial charge on any atom is -0.486 e. The monoisotopic (exact) mass is 542 g/mol. The molecule has 1 aliphatic heterocycles. The standard InChI is InChI=1S/C26H24BrClN2O2S/c1-3-17-7-9-20(10-8-17)29-26-30-25(31)23(33-26)14-19-12-21(27)24(22(28)13-19)32-15-18-6-4-5-16(2)11-18/h4-14,26,29H,3,15H2,1-2H3,(H,30,31)/b23-14-/t26-/m1/s1. The van der Waals surface area contributed by atoms with Gasteiger partial charge in [0.25, 0.3) is 5.91 Å². The van der Waals surface area contributed by atoms with Gasteiger partial charge in [-0.2, -0.15) is 0 Å². The van der Waals surface area contributed by atoms with Crippen LogP contribution in [0.2, 0.25) is 5.02 Å². The molecule has 1 heterocycles. The van der Waals surface area contributed by atoms with Gasteiger partial charge in [0.2, 0.25) is 0 Å². The Morgan fingerprint density at radius 2 is 1.94 bits per heavy atom. The van der Waals surface area contributed by atoms with Gasteiger partial charge in [0.1, 0.15) is 6.61 Å². The number of benzene rings is 3. The second kappa shape index (κ2) is 10.7. The maximum atomic E-state index is 12.5. The Balaban J connectivity index is 1.44. The predicted molar refractivity (Wildman–Crippen MR) is 142 cm³/mol. The molecular formula is C26H24BrClN2O2S. The predicted octanol–water partition coefficient (Wildman–Crippen LogP) is 7.15. The van der Waals surface area contributed by atoms with Crippen molar-refractivity contribution in [3.05, 3.63) is 97.3 Å². The largest absolute Gasteiger partial charge is 0.486 e. The highest BCUT2D eigenvalue weighted by atomic mass is 79.9. The number of nitrogens with one attached hydrogen (secondary N) is 2. The molecule has 0 unspecified atom stereocenters. The molecule has 0 radical (unpaired) electrons. The van der Waals surface area contributed by atoms with E-state index in [-0.39, 0.29) is 11.4 Å². The van der Waals surface area contributed by atoms with E-state index < -0.39 is 0 Å². The van der Waals surface area contributed by atoms with Crippen LogP contribution >= 0.6 is 39.3 Å². The van der Waals surface area contributed by atoms with Gasteiger partial charge in [0.05, 0.1) is 14.4 Å². The third-order valence-electron chi connectivity index (χ3n) is 5.17. The second-order valence-corrected chi connectivity index (χ2v) is 10.2. The number of halogens is 2. The van der Waals surface area contributed by atoms with E-state index in [0.29, 0.717) is 22.3 Å². The number of anilines is 1. The zero-order chi connectivity index (χ0) is 23.4. The van der Waals surface area contributed by atoms with Crippen LogP contribution in [0.5, 0.6) is 5.75 Å². The average molecular weight is 544 g/mol. The van der Waals surface area contributed by atoms with Crippen LogP contribution in [-0.4, -0.2) is 11.4 Å². The minimum absolute atomic E-state index is 0.116. The van der Waals surface area contributed by atoms with Crippen LogP contribution in [0.15, 0.2) is 70.0 Å². The molecule has 4 nitrogen and oxygen atoms in total. The smallest absolute Gasteiger partial charge is 0.260 e. The molecule has 1 aliphatic rings. The first-order valence-corrected chi connectivity index (χ1v) is 12.7. The summed E-state index contributed by atoms with van der Waals surface area (Å²) in [6.45, 7) is 4.60. The van der Waals surface area contributed by atoms with Gasteiger partial charge in [0, 0.05) is 5.69 Å². The third kappa shape index (κ3) is 6.14. The Morgan fingerprint density at radius 3 is 2.64 bits per heavy atom. The quantitative estimate of drug-likeness (QED) is 0.311. The van der Waals surface area contributed by atoms with Crippen LogP contribution in [0.25, 0.3) is 6.08 Å². The summed E-state index contributed by atoms with van der Waals surface area (Å²) in [5.41, 5.74) is 5.09. The Labute approximate surface area is 211 Å². The summed E-state index contributed by atoms with van der Waals surface area (Å²) >= 11 is 11.5. The molecule has 2 N–H and O–H groups in total. The maximum Gasteiger partial charge on any atom is 0.260 e. The first kappa shape index (κ1) is 23.7. The lowest BCUT2D eigenvalue weighted by Crippen LogP contribution is -2.30. The molecule has 1 saturated heterocycles. The number of thioether (sulfide) groups is 1. The summed E-state index contributed by atoms with van der Waals surface area (Å²) in [6.07, 6.45) is 2.83. The van der Waals surface area contributed by atoms with Crippen LogP contribution in [0.4, 0.5) is 5.69 Å². The Bertz CT molecular complexity index is 1170. The summed E-state index contributed by atoms with van der Waals surface area (Å²) in [5, 5.41) is 6.79. The number of aryl methyl sites for hydroxylation is 2. The van der Waals surface area contributed by atoms with E-state index in [0.717, 1.165) is 27.7 Å². The summed E-state index contributed by atoms with van der Waals surface area (Å²) in [5.74, 6) is 0.466. The summed E-state index contributed by atoms with van der Waals surface area (Å²) in [4.78, 5) is 13.1. The Morgan fingerprint density at radius 1 is 1.15 bits per heavy atom. The summed E-state index contributed by atoms with van der Waals surface area (Å²) < 4.78 is 6.70. The number of ether oxygens (including phenoxy) is 1. The Hall–Kier alpha value is -2.41. The molecule has 0 bridgehead atoms. The van der Waals surface area contributed by atoms with Crippen molar-refractivity contribution in [2.75, 3.05) is 5.32 Å². The molecule has 4 rings (SSSR count). The normalized spacial score (nSPS) is 16.7. The number of amides is 1. The molecule has 1 amide bonds. The van der Waals surface area contributed by atoms with Gasteiger partial charge >= 0.3 is 0 Å². The molecule has 33 heavy (non-hydrogen) atoms. The van der Waals surface area contributed by atoms with Gasteiger partial charge in [-0.25, -0.2) is 0 Å². The van der Waals surface area contributed by atoms with Crippen molar-refractivity contribution in [1.82, 2.24) is 5.32 Å². The van der Waals surface area contributed by atoms with E-state index in [9.17, 15) is 4.79 Å². The lowest BCUT2D eigenvalue weighted by atomic mass is 10.1. The lowest BCUT2D eigenvalue weighted by Gasteiger charge is -2.13. The van der Waals surface area contributed by atoms with Gasteiger partial charge < -0.3 is 15.4 Å². The number of carbonyl (C=O) groups is 1. The van der Waals surface area contributed by atoms with E-state index in [1.807, 2.05) is 55.5 Å². The van der Waals surface area contributed by atoms with Crippen molar-refractivity contribution in [1.29, 1.82) is 0 Å². The number of carbonyl (C=O) groups excluding carboxylic acids is 1. The molecule has 0 aliphatic carbocycles. The van der Waals surface area contributed by atoms with Crippen molar-refractivity contribution in [2.45, 2.75) is 32.4 Å². The highest BCUT2D eigenvalue weighted by Crippen LogP contribution is 2.37. The fourth-order valence-electron chi connectivity index (χ4n) is 3.46. The summed E-state index contributed by atoms with van der Waals surface area (Å²) in [7, 11) is 0. The first-order valence-electron chi connectivity index (χ1n) is 10.6. The van der Waals surface area contributed by atoms with Crippen molar-refractivity contribution in [2.24, 2.45) is 0 Å². The van der Waals surface area contributed by atoms with Crippen molar-refractivity contribution in [3.63, 3.8) is 0 Å². The van der Waals surface area contributed by atoms with Gasteiger partial charge in [-0.3, -0.25) is 4.79 Å². The SMILES string of the molecule is CCc1ccc(N[C@@H]2NC(=O)/C(=C/c3cc(Cl)c(OCc4cccc(C)c4)c(Br)c3)S2)cc1. The van der Waals surface area contributed by atoms with Gasteiger partial charge in [-0.15, -0.1) is 0 Å². The highest BCUT2D eigenvalue weighted by molar-refractivity contribution is 9.10. The van der Waals surface area contributed by atoms with Crippen molar-refractivity contribution >= 4 is 57.0 Å². The van der Waals surface area contributed by atoms with Gasteiger partial charge in [0.15, 0.2) is 11.2 Å². The minimum atomic E-state index is -0.230. The summed E-state index contributed by atoms with van der Waals surface area (Å²) in [6, 6.07) is 20.1. The van der Waals surface area contributed by atoms with E-state index in [1.165, 1.54) is 22.9 Å². The molecule has 7 heteroatoms. The zero-order valence-electron chi connectivity index (χ0n) is 18.3. The van der Waals surface area contributed by atoms with Crippen LogP contribution in [0.3, 0.4) is 0 Å². The molecule has 0 saturated carbocycles. The van der Waals surface area contributed by atoms with Crippen LogP contribution < -0.4 is 15.4 Å². The molecular weight excluding hydrogens is 520 g/mol. The molecule has 3 aromatic rings. The fourth-order valence-corrected chi connectivity index (χ4v) is 5.44. The highest BCUT2D eigenvalue weighted by Gasteiger charge is 2.27. The maximum absolute atomic E-state index is 12.5. The average Bonchev–Trinajstić information content (AvgIpc) is 3.12. The first-order chi connectivity index (χ1) is 15.9. The molecule has 3 aromatic carbocycles. The number of rotatable bonds is 7. The van der Waals surface area contributed by atoms with E-state index in [4.69, 9.17) is 16.3 Å². The van der Waals surface area contributed by atoms with Crippen LogP contribution in [0.1, 0.15) is 29.2 Å². The lowest BCUT2D eigenvalue weighted by molar-refractivity contribution is -0.116. The fraction of sp³-hybridized carbons (Fsp3) is 0.192. The third-order valence-corrected chi connectivity index (χ3v) is 7.07. The number of hydrogen-bond acceptors (Lipinski definition) is 4. The topological polar surface area (TPSA) is 50.4 Å². The molecule has 1 atom stereocenters. The molecule has 0 spiro atoms. The van der Waals surface area contributed by atoms with E-state index in [2.05, 4.69) is 51.7 Å². The molecule has 1 fully saturated rings. The van der Waals surface area contributed by atoms with Crippen LogP contribution in [-0.2, 0) is 17.8 Å². The van der Waals surface area contributed by atoms with Gasteiger partial charge in [-0.05, 0) is 76.3 Å². The number of hydrogen-bond donors (Lipinski definition) is 2. The van der Waals surface area contributed by atoms with Gasteiger partial charge in [-0.1, -0.05) is 72.2 Å². The molecule has 0 aromatic heterocycles. The van der Waals surface area contributed by atoms with Crippen molar-refractivity contribution in [3.8, 4) is 5.75 Å². The Kier molecular flexibility index (Phi) is 7.68. The van der Waals surface area contributed by atoms with E-state index in [1.54, 1.807) is 0 Å². The second-order valence-electron chi connectivity index (χ2n) is 7.77. The molecule has 170 valence electrons.